The molecule has 4 heterocycles. The van der Waals surface area contributed by atoms with E-state index in [4.69, 9.17) is 7.71 Å². The summed E-state index contributed by atoms with van der Waals surface area (Å²) in [6.45, 7) is 0.0135. The minimum atomic E-state index is -4.48. The number of fused-ring (bicyclic) bond motifs is 2. The van der Waals surface area contributed by atoms with Crippen molar-refractivity contribution in [2.24, 2.45) is 0 Å². The van der Waals surface area contributed by atoms with E-state index in [-0.39, 0.29) is 35.5 Å². The van der Waals surface area contributed by atoms with E-state index in [0.717, 1.165) is 47.3 Å². The van der Waals surface area contributed by atoms with Crippen molar-refractivity contribution in [3.8, 4) is 28.3 Å². The first kappa shape index (κ1) is 47.9. The Labute approximate surface area is 416 Å². The van der Waals surface area contributed by atoms with Gasteiger partial charge in [-0.15, -0.1) is 0 Å². The highest BCUT2D eigenvalue weighted by atomic mass is 79.9. The van der Waals surface area contributed by atoms with Gasteiger partial charge in [-0.05, 0) is 89.1 Å². The molecule has 0 atom stereocenters. The zero-order valence-electron chi connectivity index (χ0n) is 36.7. The Bertz CT molecular complexity index is 3570. The molecule has 0 radical (unpaired) electrons. The van der Waals surface area contributed by atoms with Crippen LogP contribution in [0, 0.1) is 0 Å². The van der Waals surface area contributed by atoms with Gasteiger partial charge in [-0.3, -0.25) is 14.7 Å². The first-order valence-electron chi connectivity index (χ1n) is 20.5. The van der Waals surface area contributed by atoms with Crippen LogP contribution in [0.1, 0.15) is 19.7 Å². The molecule has 9 rings (SSSR count). The van der Waals surface area contributed by atoms with Gasteiger partial charge < -0.3 is 4.74 Å². The van der Waals surface area contributed by atoms with Crippen LogP contribution < -0.4 is 13.8 Å². The lowest BCUT2D eigenvalue weighted by Gasteiger charge is -2.22. The largest absolute Gasteiger partial charge is 0.497 e. The van der Waals surface area contributed by atoms with Crippen molar-refractivity contribution in [2.75, 3.05) is 16.1 Å². The van der Waals surface area contributed by atoms with Gasteiger partial charge in [0, 0.05) is 69.3 Å². The summed E-state index contributed by atoms with van der Waals surface area (Å²) in [7, 11) is -6.42. The predicted molar refractivity (Wildman–Crippen MR) is 259 cm³/mol. The fourth-order valence-corrected chi connectivity index (χ4v) is 11.8. The summed E-state index contributed by atoms with van der Waals surface area (Å²) in [5.41, 5.74) is 0.879. The SMILES string of the molecule is COc1ccc(CN(c2ncns2)S(=O)(=O)c2ccc3c(-c4ccc(C(F)(F)F)cc4Br)nccc3c2)cc1.O=S(=O)(Nc1ncns1)c1ccc2c(-c3ccc(C(F)(F)F)cc3Br)nccc2c1.[2H][2H]. The second-order valence-corrected chi connectivity index (χ2v) is 21.2. The highest BCUT2D eigenvalue weighted by Gasteiger charge is 2.33. The molecule has 5 aromatic carbocycles. The minimum Gasteiger partial charge on any atom is -0.497 e. The molecular formula is C44H30Br2F6N8O5S4. The van der Waals surface area contributed by atoms with Crippen LogP contribution in [-0.2, 0) is 38.9 Å². The van der Waals surface area contributed by atoms with E-state index in [1.165, 1.54) is 65.8 Å². The molecule has 0 fully saturated rings. The Kier molecular flexibility index (Phi) is 13.7. The maximum absolute atomic E-state index is 13.9. The van der Waals surface area contributed by atoms with Gasteiger partial charge in [0.25, 0.3) is 20.0 Å². The van der Waals surface area contributed by atoms with Gasteiger partial charge >= 0.3 is 12.4 Å². The van der Waals surface area contributed by atoms with Crippen molar-refractivity contribution in [1.29, 1.82) is 0 Å². The fraction of sp³-hybridized carbons (Fsp3) is 0.0909. The number of hydrogen-bond donors (Lipinski definition) is 1. The maximum atomic E-state index is 13.9. The normalized spacial score (nSPS) is 12.2. The minimum absolute atomic E-state index is 0.00818. The lowest BCUT2D eigenvalue weighted by atomic mass is 10.0. The van der Waals surface area contributed by atoms with E-state index in [9.17, 15) is 43.2 Å². The van der Waals surface area contributed by atoms with Crippen LogP contribution in [0.4, 0.5) is 36.6 Å². The molecule has 0 amide bonds. The molecule has 0 unspecified atom stereocenters. The predicted octanol–water partition coefficient (Wildman–Crippen LogP) is 12.5. The third-order valence-electron chi connectivity index (χ3n) is 10.1. The number of halogens is 8. The van der Waals surface area contributed by atoms with E-state index in [0.29, 0.717) is 55.4 Å². The first-order chi connectivity index (χ1) is 33.7. The van der Waals surface area contributed by atoms with E-state index in [2.05, 4.69) is 65.3 Å². The number of nitrogens with one attached hydrogen (secondary N) is 1. The number of hydrogen-bond acceptors (Lipinski definition) is 13. The summed E-state index contributed by atoms with van der Waals surface area (Å²) in [6.07, 6.45) is -3.47. The molecule has 0 bridgehead atoms. The molecular weight excluding hydrogens is 1120 g/mol. The van der Waals surface area contributed by atoms with Crippen molar-refractivity contribution < 1.29 is 50.9 Å². The van der Waals surface area contributed by atoms with E-state index in [1.54, 1.807) is 55.6 Å². The molecule has 9 aromatic rings. The Balaban J connectivity index is 0.000000208. The summed E-state index contributed by atoms with van der Waals surface area (Å²) in [4.78, 5) is 16.6. The third kappa shape index (κ3) is 10.9. The van der Waals surface area contributed by atoms with E-state index < -0.39 is 43.5 Å². The van der Waals surface area contributed by atoms with Crippen molar-refractivity contribution in [3.63, 3.8) is 0 Å². The van der Waals surface area contributed by atoms with Crippen molar-refractivity contribution in [1.82, 2.24) is 28.7 Å². The molecule has 1 N–H and O–H groups in total. The van der Waals surface area contributed by atoms with Crippen molar-refractivity contribution in [3.05, 3.63) is 160 Å². The molecule has 0 aliphatic carbocycles. The summed E-state index contributed by atoms with van der Waals surface area (Å²) in [5, 5.41) is 2.62. The molecule has 13 nitrogen and oxygen atoms in total. The molecule has 0 spiro atoms. The van der Waals surface area contributed by atoms with Gasteiger partial charge in [-0.25, -0.2) is 31.1 Å². The second-order valence-electron chi connectivity index (χ2n) is 14.4. The molecule has 0 aliphatic heterocycles. The Morgan fingerprint density at radius 1 is 0.652 bits per heavy atom. The Morgan fingerprint density at radius 2 is 1.17 bits per heavy atom. The second kappa shape index (κ2) is 19.7. The average Bonchev–Trinajstić information content (AvgIpc) is 4.08. The number of anilines is 2. The topological polar surface area (TPSA) is 170 Å². The number of pyridine rings is 2. The fourth-order valence-electron chi connectivity index (χ4n) is 6.78. The van der Waals surface area contributed by atoms with Crippen molar-refractivity contribution >= 4 is 107 Å². The highest BCUT2D eigenvalue weighted by molar-refractivity contribution is 9.11. The zero-order valence-corrected chi connectivity index (χ0v) is 41.2. The lowest BCUT2D eigenvalue weighted by Crippen LogP contribution is -2.30. The number of alkyl halides is 6. The number of ether oxygens (including phenoxy) is 1. The van der Waals surface area contributed by atoms with Crippen LogP contribution in [0.25, 0.3) is 44.1 Å². The number of rotatable bonds is 11. The summed E-state index contributed by atoms with van der Waals surface area (Å²) >= 11 is 8.27. The highest BCUT2D eigenvalue weighted by Crippen LogP contribution is 2.40. The van der Waals surface area contributed by atoms with E-state index in [1.807, 2.05) is 0 Å². The molecule has 69 heavy (non-hydrogen) atoms. The van der Waals surface area contributed by atoms with Gasteiger partial charge in [0.1, 0.15) is 18.4 Å². The Hall–Kier alpha value is -6.12. The number of methoxy groups -OCH3 is 1. The van der Waals surface area contributed by atoms with Crippen LogP contribution in [0.3, 0.4) is 0 Å². The quantitative estimate of drug-likeness (QED) is 0.122. The van der Waals surface area contributed by atoms with Gasteiger partial charge in [-0.2, -0.15) is 35.1 Å². The Morgan fingerprint density at radius 3 is 1.65 bits per heavy atom. The van der Waals surface area contributed by atoms with Crippen LogP contribution in [0.15, 0.2) is 153 Å². The molecule has 356 valence electrons. The summed E-state index contributed by atoms with van der Waals surface area (Å²) in [6, 6.07) is 25.9. The first-order valence-corrected chi connectivity index (χ1v) is 25.5. The van der Waals surface area contributed by atoms with Crippen LogP contribution in [0.2, 0.25) is 0 Å². The van der Waals surface area contributed by atoms with E-state index >= 15 is 0 Å². The average molecular weight is 1150 g/mol. The molecule has 0 aliphatic rings. The number of nitrogens with zero attached hydrogens (tertiary/aromatic N) is 7. The van der Waals surface area contributed by atoms with Gasteiger partial charge in [0.15, 0.2) is 0 Å². The molecule has 25 heteroatoms. The monoisotopic (exact) mass is 1150 g/mol. The standard InChI is InChI=1S/C26H18BrF3N4O3S2.C18H10BrF3N4O2S2.H2/c1-37-19-5-2-16(3-6-19)14-34(25-32-15-33-38-25)39(35,36)20-7-9-21-17(12-20)10-11-31-24(21)22-8-4-18(13-23(22)27)26(28,29)30;19-15-8-11(18(20,21)22)1-3-14(15)16-13-4-2-12(7-10(13)5-6-23-16)30(27,28)26-17-24-9-25-29-17;/h2-13,15H,14H2,1H3;1-9H,(H,24,25,26);1H/i;;1+1D. The van der Waals surface area contributed by atoms with Crippen molar-refractivity contribution in [2.45, 2.75) is 28.7 Å². The number of benzene rings is 5. The third-order valence-corrected chi connectivity index (χ3v) is 16.0. The smallest absolute Gasteiger partial charge is 0.416 e. The summed E-state index contributed by atoms with van der Waals surface area (Å²) < 4.78 is 158. The van der Waals surface area contributed by atoms with Gasteiger partial charge in [0.2, 0.25) is 10.3 Å². The number of sulfonamides is 2. The molecule has 0 saturated heterocycles. The molecule has 4 aromatic heterocycles. The van der Waals surface area contributed by atoms with Gasteiger partial charge in [0.05, 0.1) is 46.0 Å². The van der Waals surface area contributed by atoms with Crippen LogP contribution in [-0.4, -0.2) is 52.6 Å². The lowest BCUT2D eigenvalue weighted by molar-refractivity contribution is -0.138. The molecule has 0 saturated carbocycles. The van der Waals surface area contributed by atoms with Crippen LogP contribution >= 0.6 is 54.9 Å². The van der Waals surface area contributed by atoms with Crippen LogP contribution in [0.5, 0.6) is 5.75 Å². The zero-order chi connectivity index (χ0) is 51.3. The number of aromatic nitrogens is 6. The van der Waals surface area contributed by atoms with Gasteiger partial charge in [-0.1, -0.05) is 68.3 Å². The maximum Gasteiger partial charge on any atom is 0.416 e. The summed E-state index contributed by atoms with van der Waals surface area (Å²) in [5.74, 6) is 0.641.